The normalized spacial score (nSPS) is 8.67. The van der Waals surface area contributed by atoms with Crippen molar-refractivity contribution in [3.8, 4) is 0 Å². The molecule has 0 saturated carbocycles. The molecule has 0 aromatic carbocycles. The van der Waals surface area contributed by atoms with E-state index < -0.39 is 5.97 Å². The number of carbonyl (C=O) groups excluding carboxylic acids is 1. The van der Waals surface area contributed by atoms with Gasteiger partial charge < -0.3 is 15.0 Å². The second-order valence-electron chi connectivity index (χ2n) is 1.25. The lowest BCUT2D eigenvalue weighted by molar-refractivity contribution is -0.133. The Morgan fingerprint density at radius 1 is 1.78 bits per heavy atom. The van der Waals surface area contributed by atoms with Gasteiger partial charge in [0.2, 0.25) is 0 Å². The lowest BCUT2D eigenvalue weighted by Gasteiger charge is -1.97. The maximum absolute atomic E-state index is 10.2. The van der Waals surface area contributed by atoms with Crippen LogP contribution in [0.15, 0.2) is 0 Å². The maximum atomic E-state index is 10.2. The molecule has 0 heterocycles. The number of carbonyl (C=O) groups is 1. The van der Waals surface area contributed by atoms with Crippen molar-refractivity contribution in [3.05, 3.63) is 0 Å². The largest absolute Gasteiger partial charge is 0.574 e. The quantitative estimate of drug-likeness (QED) is 0.394. The molecule has 0 aromatic rings. The molecule has 0 aliphatic carbocycles. The van der Waals surface area contributed by atoms with Crippen LogP contribution in [0, 0.1) is 0 Å². The van der Waals surface area contributed by atoms with E-state index in [1.807, 2.05) is 0 Å². The molecular formula is C4H9BNO3. The summed E-state index contributed by atoms with van der Waals surface area (Å²) < 4.78 is 8.90. The SMILES string of the molecule is CCO[B]OC(=O)CN. The van der Waals surface area contributed by atoms with Crippen molar-refractivity contribution in [3.63, 3.8) is 0 Å². The van der Waals surface area contributed by atoms with Crippen molar-refractivity contribution in [2.24, 2.45) is 5.73 Å². The first kappa shape index (κ1) is 8.45. The fourth-order valence-electron chi connectivity index (χ4n) is 0.204. The van der Waals surface area contributed by atoms with E-state index in [1.165, 1.54) is 0 Å². The summed E-state index contributed by atoms with van der Waals surface area (Å²) in [4.78, 5) is 10.2. The van der Waals surface area contributed by atoms with Crippen molar-refractivity contribution < 1.29 is 14.1 Å². The smallest absolute Gasteiger partial charge is 0.510 e. The third kappa shape index (κ3) is 5.32. The fraction of sp³-hybridized carbons (Fsp3) is 0.750. The summed E-state index contributed by atoms with van der Waals surface area (Å²) in [5.41, 5.74) is 4.90. The van der Waals surface area contributed by atoms with Gasteiger partial charge in [-0.2, -0.15) is 0 Å². The van der Waals surface area contributed by atoms with Gasteiger partial charge in [-0.1, -0.05) is 0 Å². The van der Waals surface area contributed by atoms with Crippen LogP contribution in [0.3, 0.4) is 0 Å². The minimum absolute atomic E-state index is 0.121. The zero-order chi connectivity index (χ0) is 7.11. The highest BCUT2D eigenvalue weighted by Gasteiger charge is 1.99. The van der Waals surface area contributed by atoms with Crippen molar-refractivity contribution >= 4 is 13.7 Å². The minimum atomic E-state index is -0.497. The van der Waals surface area contributed by atoms with E-state index in [2.05, 4.69) is 9.31 Å². The molecule has 5 heteroatoms. The molecule has 0 amide bonds. The van der Waals surface area contributed by atoms with Crippen LogP contribution in [0.5, 0.6) is 0 Å². The van der Waals surface area contributed by atoms with Gasteiger partial charge in [0.05, 0.1) is 6.54 Å². The summed E-state index contributed by atoms with van der Waals surface area (Å²) in [5, 5.41) is 0. The Morgan fingerprint density at radius 2 is 2.44 bits per heavy atom. The van der Waals surface area contributed by atoms with Crippen LogP contribution in [-0.4, -0.2) is 26.8 Å². The maximum Gasteiger partial charge on any atom is 0.574 e. The predicted octanol–water partition coefficient (Wildman–Crippen LogP) is -0.941. The molecule has 0 aliphatic heterocycles. The summed E-state index contributed by atoms with van der Waals surface area (Å²) in [6, 6.07) is 0. The van der Waals surface area contributed by atoms with Crippen LogP contribution in [0.2, 0.25) is 0 Å². The molecule has 0 atom stereocenters. The molecule has 0 unspecified atom stereocenters. The Hall–Kier alpha value is -0.545. The van der Waals surface area contributed by atoms with Crippen LogP contribution in [0.1, 0.15) is 6.92 Å². The molecule has 0 rings (SSSR count). The zero-order valence-corrected chi connectivity index (χ0v) is 5.29. The van der Waals surface area contributed by atoms with E-state index in [0.717, 1.165) is 7.69 Å². The monoisotopic (exact) mass is 130 g/mol. The molecule has 1 radical (unpaired) electrons. The van der Waals surface area contributed by atoms with Gasteiger partial charge in [-0.25, -0.2) is 0 Å². The Morgan fingerprint density at radius 3 is 2.89 bits per heavy atom. The molecule has 0 bridgehead atoms. The second-order valence-corrected chi connectivity index (χ2v) is 1.25. The molecule has 2 N–H and O–H groups in total. The van der Waals surface area contributed by atoms with Gasteiger partial charge >= 0.3 is 13.7 Å². The Labute approximate surface area is 54.6 Å². The lowest BCUT2D eigenvalue weighted by Crippen LogP contribution is -2.20. The second kappa shape index (κ2) is 5.59. The number of hydrogen-bond donors (Lipinski definition) is 1. The molecule has 4 nitrogen and oxygen atoms in total. The average Bonchev–Trinajstić information content (AvgIpc) is 1.89. The van der Waals surface area contributed by atoms with Gasteiger partial charge in [0, 0.05) is 6.61 Å². The Bertz CT molecular complexity index is 87.9. The number of nitrogens with two attached hydrogens (primary N) is 1. The zero-order valence-electron chi connectivity index (χ0n) is 5.29. The molecule has 51 valence electrons. The van der Waals surface area contributed by atoms with Crippen molar-refractivity contribution in [1.29, 1.82) is 0 Å². The molecule has 0 fully saturated rings. The van der Waals surface area contributed by atoms with E-state index in [4.69, 9.17) is 5.73 Å². The van der Waals surface area contributed by atoms with Gasteiger partial charge in [0.15, 0.2) is 0 Å². The van der Waals surface area contributed by atoms with Crippen molar-refractivity contribution in [2.75, 3.05) is 13.2 Å². The third-order valence-electron chi connectivity index (χ3n) is 0.581. The van der Waals surface area contributed by atoms with Gasteiger partial charge in [0.25, 0.3) is 0 Å². The predicted molar refractivity (Wildman–Crippen MR) is 32.5 cm³/mol. The fourth-order valence-corrected chi connectivity index (χ4v) is 0.204. The standard InChI is InChI=1S/C4H9BNO3/c1-2-8-5-9-4(7)3-6/h2-3,6H2,1H3. The van der Waals surface area contributed by atoms with Crippen LogP contribution in [0.25, 0.3) is 0 Å². The first-order valence-electron chi connectivity index (χ1n) is 2.64. The highest BCUT2D eigenvalue weighted by atomic mass is 16.6. The summed E-state index contributed by atoms with van der Waals surface area (Å²) in [5.74, 6) is -0.497. The van der Waals surface area contributed by atoms with Crippen molar-refractivity contribution in [2.45, 2.75) is 6.92 Å². The Balaban J connectivity index is 2.97. The molecular weight excluding hydrogens is 121 g/mol. The summed E-state index contributed by atoms with van der Waals surface area (Å²) in [6.45, 7) is 2.15. The topological polar surface area (TPSA) is 61.5 Å². The third-order valence-corrected chi connectivity index (χ3v) is 0.581. The van der Waals surface area contributed by atoms with E-state index in [1.54, 1.807) is 6.92 Å². The highest BCUT2D eigenvalue weighted by molar-refractivity contribution is 6.22. The first-order valence-corrected chi connectivity index (χ1v) is 2.64. The minimum Gasteiger partial charge on any atom is -0.510 e. The van der Waals surface area contributed by atoms with E-state index in [-0.39, 0.29) is 6.54 Å². The van der Waals surface area contributed by atoms with Gasteiger partial charge in [-0.05, 0) is 6.92 Å². The number of rotatable bonds is 4. The summed E-state index contributed by atoms with van der Waals surface area (Å²) in [7, 11) is 0.981. The molecule has 9 heavy (non-hydrogen) atoms. The van der Waals surface area contributed by atoms with Crippen LogP contribution >= 0.6 is 0 Å². The van der Waals surface area contributed by atoms with E-state index in [9.17, 15) is 4.79 Å². The lowest BCUT2D eigenvalue weighted by atomic mass is 10.4. The Kier molecular flexibility index (Phi) is 5.25. The molecule has 0 saturated heterocycles. The van der Waals surface area contributed by atoms with Gasteiger partial charge in [0.1, 0.15) is 0 Å². The van der Waals surface area contributed by atoms with Gasteiger partial charge in [-0.15, -0.1) is 0 Å². The summed E-state index contributed by atoms with van der Waals surface area (Å²) in [6.07, 6.45) is 0. The van der Waals surface area contributed by atoms with Gasteiger partial charge in [-0.3, -0.25) is 4.79 Å². The highest BCUT2D eigenvalue weighted by Crippen LogP contribution is 1.73. The van der Waals surface area contributed by atoms with Crippen LogP contribution < -0.4 is 5.73 Å². The van der Waals surface area contributed by atoms with E-state index >= 15 is 0 Å². The average molecular weight is 130 g/mol. The molecule has 0 aliphatic rings. The number of hydrogen-bond acceptors (Lipinski definition) is 4. The van der Waals surface area contributed by atoms with Crippen LogP contribution in [-0.2, 0) is 14.1 Å². The first-order chi connectivity index (χ1) is 4.31. The van der Waals surface area contributed by atoms with Crippen molar-refractivity contribution in [1.82, 2.24) is 0 Å². The van der Waals surface area contributed by atoms with Crippen LogP contribution in [0.4, 0.5) is 0 Å². The van der Waals surface area contributed by atoms with E-state index in [0.29, 0.717) is 6.61 Å². The molecule has 0 spiro atoms. The molecule has 0 aromatic heterocycles. The summed E-state index contributed by atoms with van der Waals surface area (Å²) >= 11 is 0.